The molecule has 1 atom stereocenters. The minimum atomic E-state index is -3.29. The van der Waals surface area contributed by atoms with Gasteiger partial charge in [0, 0.05) is 24.9 Å². The number of hydrogen-bond acceptors (Lipinski definition) is 5. The van der Waals surface area contributed by atoms with Gasteiger partial charge < -0.3 is 14.8 Å². The lowest BCUT2D eigenvalue weighted by atomic mass is 10.1. The summed E-state index contributed by atoms with van der Waals surface area (Å²) in [4.78, 5) is 0.319. The molecule has 0 saturated carbocycles. The molecule has 1 aromatic carbocycles. The highest BCUT2D eigenvalue weighted by Crippen LogP contribution is 2.32. The van der Waals surface area contributed by atoms with Crippen LogP contribution in [0, 0.1) is 6.92 Å². The summed E-state index contributed by atoms with van der Waals surface area (Å²) < 4.78 is 34.8. The van der Waals surface area contributed by atoms with Crippen LogP contribution in [-0.4, -0.2) is 41.5 Å². The fraction of sp³-hybridized carbons (Fsp3) is 0.538. The summed E-state index contributed by atoms with van der Waals surface area (Å²) in [6, 6.07) is 3.42. The van der Waals surface area contributed by atoms with Gasteiger partial charge in [-0.15, -0.1) is 0 Å². The topological polar surface area (TPSA) is 64.6 Å². The van der Waals surface area contributed by atoms with Crippen molar-refractivity contribution >= 4 is 9.84 Å². The summed E-state index contributed by atoms with van der Waals surface area (Å²) in [6.07, 6.45) is 0.960. The molecule has 5 nitrogen and oxygen atoms in total. The number of morpholine rings is 1. The van der Waals surface area contributed by atoms with Gasteiger partial charge in [0.05, 0.1) is 24.7 Å². The van der Waals surface area contributed by atoms with E-state index in [-0.39, 0.29) is 6.10 Å². The first-order chi connectivity index (χ1) is 8.93. The number of sulfone groups is 1. The molecule has 106 valence electrons. The summed E-state index contributed by atoms with van der Waals surface area (Å²) in [7, 11) is -1.72. The molecule has 0 spiro atoms. The van der Waals surface area contributed by atoms with Crippen LogP contribution in [0.2, 0.25) is 0 Å². The maximum atomic E-state index is 11.9. The summed E-state index contributed by atoms with van der Waals surface area (Å²) in [5, 5.41) is 3.20. The van der Waals surface area contributed by atoms with Crippen LogP contribution in [-0.2, 0) is 14.6 Å². The van der Waals surface area contributed by atoms with Gasteiger partial charge in [0.15, 0.2) is 9.84 Å². The third-order valence-corrected chi connectivity index (χ3v) is 4.35. The summed E-state index contributed by atoms with van der Waals surface area (Å²) >= 11 is 0. The Morgan fingerprint density at radius 2 is 2.16 bits per heavy atom. The van der Waals surface area contributed by atoms with E-state index in [0.717, 1.165) is 12.1 Å². The molecule has 0 bridgehead atoms. The van der Waals surface area contributed by atoms with Gasteiger partial charge in [-0.1, -0.05) is 0 Å². The number of rotatable bonds is 3. The van der Waals surface area contributed by atoms with E-state index in [4.69, 9.17) is 9.47 Å². The average molecular weight is 285 g/mol. The highest BCUT2D eigenvalue weighted by atomic mass is 32.2. The van der Waals surface area contributed by atoms with Crippen molar-refractivity contribution in [3.05, 3.63) is 23.3 Å². The molecule has 0 aromatic heterocycles. The highest BCUT2D eigenvalue weighted by Gasteiger charge is 2.24. The van der Waals surface area contributed by atoms with Crippen molar-refractivity contribution in [1.29, 1.82) is 0 Å². The molecule has 1 saturated heterocycles. The molecule has 1 aliphatic rings. The number of ether oxygens (including phenoxy) is 2. The second-order valence-electron chi connectivity index (χ2n) is 4.70. The van der Waals surface area contributed by atoms with Gasteiger partial charge in [-0.05, 0) is 24.6 Å². The fourth-order valence-electron chi connectivity index (χ4n) is 2.24. The van der Waals surface area contributed by atoms with Crippen LogP contribution >= 0.6 is 0 Å². The number of methoxy groups -OCH3 is 1. The Hall–Kier alpha value is -1.11. The molecule has 1 aromatic rings. The molecule has 1 aliphatic heterocycles. The van der Waals surface area contributed by atoms with Crippen LogP contribution in [0.3, 0.4) is 0 Å². The lowest BCUT2D eigenvalue weighted by molar-refractivity contribution is 0.0258. The molecule has 0 aliphatic carbocycles. The van der Waals surface area contributed by atoms with E-state index < -0.39 is 9.84 Å². The first kappa shape index (κ1) is 14.3. The zero-order valence-corrected chi connectivity index (χ0v) is 12.2. The van der Waals surface area contributed by atoms with Gasteiger partial charge in [0.2, 0.25) is 0 Å². The van der Waals surface area contributed by atoms with E-state index in [9.17, 15) is 8.42 Å². The third-order valence-electron chi connectivity index (χ3n) is 3.20. The van der Waals surface area contributed by atoms with Crippen molar-refractivity contribution in [3.63, 3.8) is 0 Å². The van der Waals surface area contributed by atoms with Crippen molar-refractivity contribution in [1.82, 2.24) is 5.32 Å². The summed E-state index contributed by atoms with van der Waals surface area (Å²) in [5.74, 6) is 0.677. The van der Waals surface area contributed by atoms with E-state index >= 15 is 0 Å². The normalized spacial score (nSPS) is 20.3. The van der Waals surface area contributed by atoms with Crippen molar-refractivity contribution < 1.29 is 17.9 Å². The standard InChI is InChI=1S/C13H19NO4S/c1-9-6-13(19(3,15)16)10(7-11(9)17-2)12-8-14-4-5-18-12/h6-7,12,14H,4-5,8H2,1-3H3. The fourth-order valence-corrected chi connectivity index (χ4v) is 3.24. The van der Waals surface area contributed by atoms with Gasteiger partial charge in [0.1, 0.15) is 5.75 Å². The molecule has 0 radical (unpaired) electrons. The van der Waals surface area contributed by atoms with Gasteiger partial charge in [0.25, 0.3) is 0 Å². The maximum absolute atomic E-state index is 11.9. The minimum Gasteiger partial charge on any atom is -0.496 e. The molecule has 1 unspecified atom stereocenters. The van der Waals surface area contributed by atoms with Crippen molar-refractivity contribution in [2.45, 2.75) is 17.9 Å². The first-order valence-corrected chi connectivity index (χ1v) is 8.03. The number of hydrogen-bond donors (Lipinski definition) is 1. The van der Waals surface area contributed by atoms with Crippen LogP contribution in [0.5, 0.6) is 5.75 Å². The summed E-state index contributed by atoms with van der Waals surface area (Å²) in [6.45, 7) is 3.80. The van der Waals surface area contributed by atoms with E-state index in [2.05, 4.69) is 5.32 Å². The monoisotopic (exact) mass is 285 g/mol. The van der Waals surface area contributed by atoms with Crippen molar-refractivity contribution in [2.24, 2.45) is 0 Å². The molecule has 2 rings (SSSR count). The Labute approximate surface area is 113 Å². The van der Waals surface area contributed by atoms with Crippen LogP contribution in [0.1, 0.15) is 17.2 Å². The van der Waals surface area contributed by atoms with Crippen LogP contribution < -0.4 is 10.1 Å². The smallest absolute Gasteiger partial charge is 0.175 e. The Balaban J connectivity index is 2.55. The molecule has 1 N–H and O–H groups in total. The Bertz CT molecular complexity index is 562. The average Bonchev–Trinajstić information content (AvgIpc) is 2.38. The molecular formula is C13H19NO4S. The quantitative estimate of drug-likeness (QED) is 0.900. The molecule has 0 amide bonds. The van der Waals surface area contributed by atoms with Crippen LogP contribution in [0.15, 0.2) is 17.0 Å². The second-order valence-corrected chi connectivity index (χ2v) is 6.68. The minimum absolute atomic E-state index is 0.257. The largest absolute Gasteiger partial charge is 0.496 e. The third kappa shape index (κ3) is 3.08. The van der Waals surface area contributed by atoms with Gasteiger partial charge in [-0.25, -0.2) is 8.42 Å². The van der Waals surface area contributed by atoms with Gasteiger partial charge in [-0.2, -0.15) is 0 Å². The SMILES string of the molecule is COc1cc(C2CNCCO2)c(S(C)(=O)=O)cc1C. The van der Waals surface area contributed by atoms with Crippen LogP contribution in [0.4, 0.5) is 0 Å². The molecule has 1 fully saturated rings. The molecule has 1 heterocycles. The Kier molecular flexibility index (Phi) is 4.13. The van der Waals surface area contributed by atoms with Crippen molar-refractivity contribution in [2.75, 3.05) is 33.1 Å². The Morgan fingerprint density at radius 3 is 2.68 bits per heavy atom. The molecule has 19 heavy (non-hydrogen) atoms. The lowest BCUT2D eigenvalue weighted by Crippen LogP contribution is -2.34. The van der Waals surface area contributed by atoms with E-state index in [1.165, 1.54) is 6.26 Å². The molecular weight excluding hydrogens is 266 g/mol. The highest BCUT2D eigenvalue weighted by molar-refractivity contribution is 7.90. The maximum Gasteiger partial charge on any atom is 0.175 e. The van der Waals surface area contributed by atoms with E-state index in [1.807, 2.05) is 6.92 Å². The number of aryl methyl sites for hydroxylation is 1. The second kappa shape index (κ2) is 5.48. The summed E-state index contributed by atoms with van der Waals surface area (Å²) in [5.41, 5.74) is 1.47. The van der Waals surface area contributed by atoms with Gasteiger partial charge in [-0.3, -0.25) is 0 Å². The number of nitrogens with one attached hydrogen (secondary N) is 1. The zero-order chi connectivity index (χ0) is 14.0. The predicted molar refractivity (Wildman–Crippen MR) is 72.4 cm³/mol. The van der Waals surface area contributed by atoms with E-state index in [1.54, 1.807) is 19.2 Å². The van der Waals surface area contributed by atoms with Crippen molar-refractivity contribution in [3.8, 4) is 5.75 Å². The first-order valence-electron chi connectivity index (χ1n) is 6.14. The van der Waals surface area contributed by atoms with E-state index in [0.29, 0.717) is 29.4 Å². The zero-order valence-electron chi connectivity index (χ0n) is 11.4. The lowest BCUT2D eigenvalue weighted by Gasteiger charge is -2.26. The molecule has 6 heteroatoms. The number of benzene rings is 1. The van der Waals surface area contributed by atoms with Gasteiger partial charge >= 0.3 is 0 Å². The van der Waals surface area contributed by atoms with Crippen LogP contribution in [0.25, 0.3) is 0 Å². The Morgan fingerprint density at radius 1 is 1.42 bits per heavy atom. The predicted octanol–water partition coefficient (Wildman–Crippen LogP) is 1.07.